The van der Waals surface area contributed by atoms with Gasteiger partial charge in [0.1, 0.15) is 0 Å². The molecule has 0 atom stereocenters. The highest BCUT2D eigenvalue weighted by Crippen LogP contribution is 2.27. The van der Waals surface area contributed by atoms with Gasteiger partial charge in [-0.3, -0.25) is 14.8 Å². The summed E-state index contributed by atoms with van der Waals surface area (Å²) in [6.07, 6.45) is 2.82. The molecule has 82 valence electrons. The molecule has 0 unspecified atom stereocenters. The zero-order chi connectivity index (χ0) is 11.1. The predicted molar refractivity (Wildman–Crippen MR) is 62.8 cm³/mol. The van der Waals surface area contributed by atoms with E-state index in [-0.39, 0.29) is 5.69 Å². The minimum Gasteiger partial charge on any atom is -0.267 e. The van der Waals surface area contributed by atoms with Gasteiger partial charge in [-0.15, -0.1) is 0 Å². The van der Waals surface area contributed by atoms with Crippen molar-refractivity contribution in [1.29, 1.82) is 0 Å². The molecule has 0 bridgehead atoms. The average molecular weight is 226 g/mol. The minimum absolute atomic E-state index is 0.137. The molecule has 4 nitrogen and oxygen atoms in total. The van der Waals surface area contributed by atoms with E-state index >= 15 is 0 Å². The highest BCUT2D eigenvalue weighted by Gasteiger charge is 2.19. The molecule has 5 heteroatoms. The van der Waals surface area contributed by atoms with Crippen LogP contribution in [0.15, 0.2) is 30.3 Å². The number of nitrogens with zero attached hydrogens (tertiary/aromatic N) is 1. The second kappa shape index (κ2) is 6.42. The fourth-order valence-corrected chi connectivity index (χ4v) is 1.26. The average Bonchev–Trinajstić information content (AvgIpc) is 3.05. The quantitative estimate of drug-likeness (QED) is 0.473. The van der Waals surface area contributed by atoms with Crippen LogP contribution in [0.4, 0.5) is 5.69 Å². The van der Waals surface area contributed by atoms with E-state index in [9.17, 15) is 10.1 Å². The predicted octanol–water partition coefficient (Wildman–Crippen LogP) is 2.43. The maximum absolute atomic E-state index is 10.0. The summed E-state index contributed by atoms with van der Waals surface area (Å²) in [6.45, 7) is 1.10. The first-order chi connectivity index (χ1) is 7.24. The first-order valence-electron chi connectivity index (χ1n) is 4.80. The van der Waals surface area contributed by atoms with Crippen molar-refractivity contribution < 1.29 is 4.92 Å². The number of benzene rings is 1. The van der Waals surface area contributed by atoms with Crippen molar-refractivity contribution in [3.05, 3.63) is 40.4 Å². The van der Waals surface area contributed by atoms with E-state index < -0.39 is 4.92 Å². The second-order valence-electron chi connectivity index (χ2n) is 3.40. The van der Waals surface area contributed by atoms with E-state index in [1.165, 1.54) is 25.0 Å². The van der Waals surface area contributed by atoms with E-state index in [0.29, 0.717) is 0 Å². The fraction of sp³-hybridized carbons (Fsp3) is 0.400. The van der Waals surface area contributed by atoms with Gasteiger partial charge in [-0.05, 0) is 18.8 Å². The Morgan fingerprint density at radius 3 is 2.27 bits per heavy atom. The number of thiol groups is 1. The summed E-state index contributed by atoms with van der Waals surface area (Å²) < 4.78 is 2.82. The van der Waals surface area contributed by atoms with Gasteiger partial charge in [-0.25, -0.2) is 0 Å². The highest BCUT2D eigenvalue weighted by molar-refractivity contribution is 7.78. The van der Waals surface area contributed by atoms with Crippen LogP contribution in [0.5, 0.6) is 0 Å². The zero-order valence-corrected chi connectivity index (χ0v) is 9.19. The van der Waals surface area contributed by atoms with E-state index in [2.05, 4.69) is 17.5 Å². The molecule has 1 aliphatic carbocycles. The van der Waals surface area contributed by atoms with Gasteiger partial charge >= 0.3 is 0 Å². The number of nitrogens with one attached hydrogen (secondary N) is 1. The van der Waals surface area contributed by atoms with Crippen LogP contribution in [0.1, 0.15) is 12.8 Å². The topological polar surface area (TPSA) is 55.2 Å². The summed E-state index contributed by atoms with van der Waals surface area (Å²) in [4.78, 5) is 9.59. The van der Waals surface area contributed by atoms with Crippen LogP contribution < -0.4 is 4.72 Å². The summed E-state index contributed by atoms with van der Waals surface area (Å²) in [7, 11) is 0. The van der Waals surface area contributed by atoms with Crippen molar-refractivity contribution in [3.8, 4) is 0 Å². The molecule has 1 aromatic rings. The van der Waals surface area contributed by atoms with Crippen molar-refractivity contribution in [3.63, 3.8) is 0 Å². The summed E-state index contributed by atoms with van der Waals surface area (Å²) in [5.74, 6) is 0.961. The molecule has 0 aromatic heterocycles. The summed E-state index contributed by atoms with van der Waals surface area (Å²) >= 11 is 3.85. The van der Waals surface area contributed by atoms with Crippen LogP contribution in [-0.4, -0.2) is 11.5 Å². The van der Waals surface area contributed by atoms with Crippen molar-refractivity contribution in [2.45, 2.75) is 12.8 Å². The van der Waals surface area contributed by atoms with Crippen LogP contribution >= 0.6 is 12.8 Å². The molecule has 2 rings (SSSR count). The third-order valence-electron chi connectivity index (χ3n) is 2.04. The molecule has 1 saturated carbocycles. The highest BCUT2D eigenvalue weighted by atomic mass is 32.1. The van der Waals surface area contributed by atoms with Crippen LogP contribution in [0.2, 0.25) is 0 Å². The molecule has 0 spiro atoms. The number of nitro groups is 1. The van der Waals surface area contributed by atoms with E-state index in [1.54, 1.807) is 18.2 Å². The van der Waals surface area contributed by atoms with Gasteiger partial charge in [0.15, 0.2) is 0 Å². The molecule has 0 aliphatic heterocycles. The molecule has 1 aromatic carbocycles. The lowest BCUT2D eigenvalue weighted by molar-refractivity contribution is -0.384. The Bertz CT molecular complexity index is 302. The number of para-hydroxylation sites is 1. The largest absolute Gasteiger partial charge is 0.269 e. The molecular weight excluding hydrogens is 212 g/mol. The van der Waals surface area contributed by atoms with Crippen LogP contribution in [0.25, 0.3) is 0 Å². The molecule has 15 heavy (non-hydrogen) atoms. The Labute approximate surface area is 94.4 Å². The first-order valence-corrected chi connectivity index (χ1v) is 5.25. The molecule has 1 N–H and O–H groups in total. The van der Waals surface area contributed by atoms with Gasteiger partial charge in [-0.1, -0.05) is 31.0 Å². The Hall–Kier alpha value is -1.07. The lowest BCUT2D eigenvalue weighted by Gasteiger charge is -1.86. The van der Waals surface area contributed by atoms with Gasteiger partial charge in [0.25, 0.3) is 5.69 Å². The third-order valence-corrected chi connectivity index (χ3v) is 2.23. The molecule has 1 aliphatic rings. The number of hydrogen-bond acceptors (Lipinski definition) is 4. The number of rotatable bonds is 3. The van der Waals surface area contributed by atoms with E-state index in [1.807, 2.05) is 0 Å². The Kier molecular flexibility index (Phi) is 5.14. The standard InChI is InChI=1S/C6H5NO2.C4H9NS/c8-7(9)6-4-2-1-3-5-6;6-5-3-4-1-2-4/h1-5H;4-6H,1-3H2. The smallest absolute Gasteiger partial charge is 0.267 e. The van der Waals surface area contributed by atoms with Crippen molar-refractivity contribution in [2.75, 3.05) is 6.54 Å². The van der Waals surface area contributed by atoms with E-state index in [4.69, 9.17) is 0 Å². The lowest BCUT2D eigenvalue weighted by Crippen LogP contribution is -2.01. The summed E-state index contributed by atoms with van der Waals surface area (Å²) in [5.41, 5.74) is 0.137. The summed E-state index contributed by atoms with van der Waals surface area (Å²) in [6, 6.07) is 7.93. The molecule has 0 heterocycles. The molecule has 0 amide bonds. The lowest BCUT2D eigenvalue weighted by atomic mass is 10.3. The molecular formula is C10H14N2O2S. The van der Waals surface area contributed by atoms with Crippen molar-refractivity contribution in [1.82, 2.24) is 4.72 Å². The van der Waals surface area contributed by atoms with Crippen LogP contribution in [0, 0.1) is 16.0 Å². The van der Waals surface area contributed by atoms with Crippen molar-refractivity contribution >= 4 is 18.5 Å². The number of hydrogen-bond donors (Lipinski definition) is 2. The van der Waals surface area contributed by atoms with Gasteiger partial charge < -0.3 is 0 Å². The number of non-ortho nitro benzene ring substituents is 1. The van der Waals surface area contributed by atoms with Crippen LogP contribution in [0.3, 0.4) is 0 Å². The maximum Gasteiger partial charge on any atom is 0.269 e. The Balaban J connectivity index is 0.000000162. The second-order valence-corrected chi connectivity index (χ2v) is 3.71. The zero-order valence-electron chi connectivity index (χ0n) is 8.30. The monoisotopic (exact) mass is 226 g/mol. The number of nitro benzene ring substituents is 1. The van der Waals surface area contributed by atoms with Gasteiger partial charge in [0, 0.05) is 18.7 Å². The minimum atomic E-state index is -0.417. The normalized spacial score (nSPS) is 13.9. The summed E-state index contributed by atoms with van der Waals surface area (Å²) in [5, 5.41) is 10.0. The van der Waals surface area contributed by atoms with Gasteiger partial charge in [0.05, 0.1) is 4.92 Å². The molecule has 0 saturated heterocycles. The molecule has 0 radical (unpaired) electrons. The van der Waals surface area contributed by atoms with E-state index in [0.717, 1.165) is 12.5 Å². The SMILES string of the molecule is O=[N+]([O-])c1ccccc1.SNCC1CC1. The van der Waals surface area contributed by atoms with Crippen LogP contribution in [-0.2, 0) is 0 Å². The van der Waals surface area contributed by atoms with Gasteiger partial charge in [0.2, 0.25) is 0 Å². The van der Waals surface area contributed by atoms with Gasteiger partial charge in [-0.2, -0.15) is 0 Å². The molecule has 1 fully saturated rings. The third kappa shape index (κ3) is 5.39. The van der Waals surface area contributed by atoms with Crippen molar-refractivity contribution in [2.24, 2.45) is 5.92 Å². The fourth-order valence-electron chi connectivity index (χ4n) is 1.00. The Morgan fingerprint density at radius 2 is 2.00 bits per heavy atom. The maximum atomic E-state index is 10.0. The first kappa shape index (κ1) is 12.0. The Morgan fingerprint density at radius 1 is 1.40 bits per heavy atom.